The summed E-state index contributed by atoms with van der Waals surface area (Å²) in [6.45, 7) is 6.79. The molecule has 0 aliphatic carbocycles. The van der Waals surface area contributed by atoms with Gasteiger partial charge in [0.1, 0.15) is 5.82 Å². The third-order valence-electron chi connectivity index (χ3n) is 3.03. The van der Waals surface area contributed by atoms with E-state index in [0.717, 1.165) is 15.7 Å². The van der Waals surface area contributed by atoms with Crippen LogP contribution in [0.15, 0.2) is 16.6 Å². The molecule has 1 amide bonds. The Morgan fingerprint density at radius 3 is 2.90 bits per heavy atom. The van der Waals surface area contributed by atoms with Gasteiger partial charge in [0.15, 0.2) is 5.13 Å². The summed E-state index contributed by atoms with van der Waals surface area (Å²) < 4.78 is 3.17. The number of nitrogens with one attached hydrogen (secondary N) is 1. The van der Waals surface area contributed by atoms with E-state index in [0.29, 0.717) is 24.0 Å². The van der Waals surface area contributed by atoms with E-state index in [2.05, 4.69) is 29.1 Å². The monoisotopic (exact) mass is 324 g/mol. The fraction of sp³-hybridized carbons (Fsp3) is 0.500. The first-order valence-corrected chi connectivity index (χ1v) is 8.87. The minimum Gasteiger partial charge on any atom is -0.334 e. The van der Waals surface area contributed by atoms with E-state index in [9.17, 15) is 4.79 Å². The first-order chi connectivity index (χ1) is 10.0. The number of imidazole rings is 1. The summed E-state index contributed by atoms with van der Waals surface area (Å²) in [5, 5.41) is 3.55. The van der Waals surface area contributed by atoms with Crippen molar-refractivity contribution in [3.8, 4) is 0 Å². The average Bonchev–Trinajstić information content (AvgIpc) is 3.02. The lowest BCUT2D eigenvalue weighted by Gasteiger charge is -2.09. The highest BCUT2D eigenvalue weighted by Gasteiger charge is 2.11. The summed E-state index contributed by atoms with van der Waals surface area (Å²) in [4.78, 5) is 20.7. The predicted molar refractivity (Wildman–Crippen MR) is 88.2 cm³/mol. The lowest BCUT2D eigenvalue weighted by atomic mass is 10.2. The fourth-order valence-corrected chi connectivity index (χ4v) is 3.67. The predicted octanol–water partition coefficient (Wildman–Crippen LogP) is 3.52. The van der Waals surface area contributed by atoms with Gasteiger partial charge >= 0.3 is 0 Å². The molecule has 0 unspecified atom stereocenters. The number of thioether (sulfide) groups is 1. The number of hydrogen-bond donors (Lipinski definition) is 1. The molecule has 2 aromatic rings. The molecule has 0 aliphatic heterocycles. The Hall–Kier alpha value is -1.34. The Labute approximate surface area is 133 Å². The zero-order valence-corrected chi connectivity index (χ0v) is 14.3. The van der Waals surface area contributed by atoms with Gasteiger partial charge in [0, 0.05) is 31.3 Å². The third kappa shape index (κ3) is 4.07. The second-order valence-corrected chi connectivity index (χ2v) is 7.10. The third-order valence-corrected chi connectivity index (χ3v) is 5.31. The summed E-state index contributed by atoms with van der Waals surface area (Å²) in [6.07, 6.45) is 6.13. The van der Waals surface area contributed by atoms with E-state index < -0.39 is 0 Å². The number of hydrogen-bond acceptors (Lipinski definition) is 5. The Kier molecular flexibility index (Phi) is 5.41. The molecule has 0 saturated heterocycles. The maximum absolute atomic E-state index is 12.0. The summed E-state index contributed by atoms with van der Waals surface area (Å²) in [6, 6.07) is 0. The van der Waals surface area contributed by atoms with E-state index >= 15 is 0 Å². The van der Waals surface area contributed by atoms with E-state index in [4.69, 9.17) is 0 Å². The van der Waals surface area contributed by atoms with Gasteiger partial charge in [-0.05, 0) is 13.2 Å². The van der Waals surface area contributed by atoms with Crippen LogP contribution in [0.4, 0.5) is 5.13 Å². The van der Waals surface area contributed by atoms with Crippen LogP contribution in [0.5, 0.6) is 0 Å². The van der Waals surface area contributed by atoms with Gasteiger partial charge in [-0.1, -0.05) is 25.2 Å². The minimum absolute atomic E-state index is 0.0141. The number of carbonyl (C=O) groups excluding carboxylic acids is 1. The molecule has 0 spiro atoms. The highest BCUT2D eigenvalue weighted by molar-refractivity contribution is 8.00. The van der Waals surface area contributed by atoms with Crippen molar-refractivity contribution in [2.24, 2.45) is 0 Å². The van der Waals surface area contributed by atoms with Crippen molar-refractivity contribution in [3.05, 3.63) is 23.9 Å². The first-order valence-electron chi connectivity index (χ1n) is 6.83. The molecule has 0 aliphatic rings. The van der Waals surface area contributed by atoms with Crippen LogP contribution in [0.2, 0.25) is 0 Å². The number of anilines is 1. The van der Waals surface area contributed by atoms with Crippen LogP contribution in [-0.2, 0) is 11.3 Å². The van der Waals surface area contributed by atoms with Gasteiger partial charge in [-0.25, -0.2) is 9.97 Å². The summed E-state index contributed by atoms with van der Waals surface area (Å²) in [5.74, 6) is 1.35. The maximum Gasteiger partial charge on any atom is 0.227 e. The SMILES string of the molecule is CSc1sc(NC(=O)CCn2ccnc2C(C)C)nc1C. The number of aryl methyl sites for hydroxylation is 2. The zero-order valence-electron chi connectivity index (χ0n) is 12.7. The molecule has 21 heavy (non-hydrogen) atoms. The molecule has 2 heterocycles. The Bertz CT molecular complexity index is 618. The van der Waals surface area contributed by atoms with Gasteiger partial charge in [-0.15, -0.1) is 11.8 Å². The average molecular weight is 324 g/mol. The number of aromatic nitrogens is 3. The topological polar surface area (TPSA) is 59.8 Å². The second kappa shape index (κ2) is 7.09. The van der Waals surface area contributed by atoms with Crippen molar-refractivity contribution >= 4 is 34.1 Å². The van der Waals surface area contributed by atoms with Crippen molar-refractivity contribution in [2.45, 2.75) is 43.9 Å². The number of thiazole rings is 1. The molecule has 0 radical (unpaired) electrons. The molecule has 0 aromatic carbocycles. The zero-order chi connectivity index (χ0) is 15.4. The van der Waals surface area contributed by atoms with Gasteiger partial charge < -0.3 is 9.88 Å². The highest BCUT2D eigenvalue weighted by atomic mass is 32.2. The van der Waals surface area contributed by atoms with Crippen LogP contribution < -0.4 is 5.32 Å². The number of nitrogens with zero attached hydrogens (tertiary/aromatic N) is 3. The standard InChI is InChI=1S/C14H20N4OS2/c1-9(2)12-15-6-8-18(12)7-5-11(19)17-14-16-10(3)13(20-4)21-14/h6,8-9H,5,7H2,1-4H3,(H,16,17,19). The van der Waals surface area contributed by atoms with Crippen molar-refractivity contribution in [2.75, 3.05) is 11.6 Å². The van der Waals surface area contributed by atoms with Crippen LogP contribution in [0.3, 0.4) is 0 Å². The van der Waals surface area contributed by atoms with Crippen LogP contribution >= 0.6 is 23.1 Å². The van der Waals surface area contributed by atoms with Crippen LogP contribution in [0.1, 0.15) is 37.7 Å². The number of carbonyl (C=O) groups is 1. The van der Waals surface area contributed by atoms with E-state index in [-0.39, 0.29) is 5.91 Å². The largest absolute Gasteiger partial charge is 0.334 e. The molecule has 5 nitrogen and oxygen atoms in total. The molecule has 2 aromatic heterocycles. The molecule has 114 valence electrons. The lowest BCUT2D eigenvalue weighted by Crippen LogP contribution is -2.15. The molecular formula is C14H20N4OS2. The summed E-state index contributed by atoms with van der Waals surface area (Å²) in [5.41, 5.74) is 0.972. The molecule has 0 saturated carbocycles. The van der Waals surface area contributed by atoms with Gasteiger partial charge in [0.25, 0.3) is 0 Å². The smallest absolute Gasteiger partial charge is 0.227 e. The molecule has 2 rings (SSSR count). The number of rotatable bonds is 6. The van der Waals surface area contributed by atoms with E-state index in [1.54, 1.807) is 18.0 Å². The number of amides is 1. The Morgan fingerprint density at radius 1 is 1.52 bits per heavy atom. The minimum atomic E-state index is -0.0141. The van der Waals surface area contributed by atoms with Gasteiger partial charge in [0.05, 0.1) is 9.90 Å². The molecular weight excluding hydrogens is 304 g/mol. The lowest BCUT2D eigenvalue weighted by molar-refractivity contribution is -0.116. The Morgan fingerprint density at radius 2 is 2.29 bits per heavy atom. The second-order valence-electron chi connectivity index (χ2n) is 5.03. The van der Waals surface area contributed by atoms with E-state index in [1.807, 2.05) is 23.9 Å². The summed E-state index contributed by atoms with van der Waals surface area (Å²) in [7, 11) is 0. The van der Waals surface area contributed by atoms with Crippen LogP contribution in [0, 0.1) is 6.92 Å². The van der Waals surface area contributed by atoms with Gasteiger partial charge in [-0.3, -0.25) is 4.79 Å². The Balaban J connectivity index is 1.91. The van der Waals surface area contributed by atoms with Crippen molar-refractivity contribution in [1.82, 2.24) is 14.5 Å². The first kappa shape index (κ1) is 16.0. The van der Waals surface area contributed by atoms with Crippen molar-refractivity contribution in [3.63, 3.8) is 0 Å². The van der Waals surface area contributed by atoms with Crippen molar-refractivity contribution in [1.29, 1.82) is 0 Å². The molecule has 0 bridgehead atoms. The molecule has 7 heteroatoms. The molecule has 0 atom stereocenters. The van der Waals surface area contributed by atoms with Crippen molar-refractivity contribution < 1.29 is 4.79 Å². The van der Waals surface area contributed by atoms with E-state index in [1.165, 1.54) is 11.3 Å². The van der Waals surface area contributed by atoms with Gasteiger partial charge in [-0.2, -0.15) is 0 Å². The fourth-order valence-electron chi connectivity index (χ4n) is 2.04. The molecule has 1 N–H and O–H groups in total. The van der Waals surface area contributed by atoms with Gasteiger partial charge in [0.2, 0.25) is 5.91 Å². The van der Waals surface area contributed by atoms with Crippen LogP contribution in [0.25, 0.3) is 0 Å². The highest BCUT2D eigenvalue weighted by Crippen LogP contribution is 2.30. The summed E-state index contributed by atoms with van der Waals surface area (Å²) >= 11 is 3.17. The quantitative estimate of drug-likeness (QED) is 0.826. The van der Waals surface area contributed by atoms with Crippen LogP contribution in [-0.4, -0.2) is 26.7 Å². The normalized spacial score (nSPS) is 11.1. The maximum atomic E-state index is 12.0. The molecule has 0 fully saturated rings.